The lowest BCUT2D eigenvalue weighted by Gasteiger charge is -2.07. The molecule has 0 saturated heterocycles. The summed E-state index contributed by atoms with van der Waals surface area (Å²) < 4.78 is 11.5. The highest BCUT2D eigenvalue weighted by Crippen LogP contribution is 2.35. The lowest BCUT2D eigenvalue weighted by Crippen LogP contribution is -1.94. The molecule has 1 heterocycles. The number of hydrogen-bond acceptors (Lipinski definition) is 4. The molecule has 0 aliphatic rings. The highest BCUT2D eigenvalue weighted by molar-refractivity contribution is 14.1. The number of nitrogen functional groups attached to an aromatic ring is 1. The van der Waals surface area contributed by atoms with Gasteiger partial charge in [0.25, 0.3) is 0 Å². The van der Waals surface area contributed by atoms with Crippen molar-refractivity contribution in [3.63, 3.8) is 0 Å². The number of aromatic nitrogens is 1. The maximum Gasteiger partial charge on any atom is 0.186 e. The zero-order valence-electron chi connectivity index (χ0n) is 8.74. The van der Waals surface area contributed by atoms with Gasteiger partial charge >= 0.3 is 0 Å². The van der Waals surface area contributed by atoms with Crippen molar-refractivity contribution in [2.75, 3.05) is 12.3 Å². The molecule has 2 N–H and O–H groups in total. The Balaban J connectivity index is 2.51. The van der Waals surface area contributed by atoms with Crippen molar-refractivity contribution in [1.29, 1.82) is 0 Å². The molecule has 0 amide bonds. The van der Waals surface area contributed by atoms with Gasteiger partial charge in [-0.25, -0.2) is 0 Å². The molecule has 0 atom stereocenters. The molecule has 1 aromatic carbocycles. The Morgan fingerprint density at radius 2 is 2.19 bits per heavy atom. The number of ether oxygens (including phenoxy) is 1. The summed E-state index contributed by atoms with van der Waals surface area (Å²) in [6.07, 6.45) is 0. The standard InChI is InChI=1S/C11H11IN2O2/c1-2-15-8-6-4-3-5-7(8)10-9(12)11(13)14-16-10/h3-6H,2H2,1H3,(H2,13,14). The number of nitrogens with two attached hydrogens (primary N) is 1. The molecule has 5 heteroatoms. The molecule has 16 heavy (non-hydrogen) atoms. The average molecular weight is 330 g/mol. The topological polar surface area (TPSA) is 61.3 Å². The number of rotatable bonds is 3. The van der Waals surface area contributed by atoms with Gasteiger partial charge in [-0.2, -0.15) is 0 Å². The summed E-state index contributed by atoms with van der Waals surface area (Å²) in [5.74, 6) is 1.84. The molecular formula is C11H11IN2O2. The van der Waals surface area contributed by atoms with Gasteiger partial charge in [0, 0.05) is 0 Å². The molecule has 0 bridgehead atoms. The molecule has 4 nitrogen and oxygen atoms in total. The maximum atomic E-state index is 5.65. The molecule has 0 aliphatic carbocycles. The van der Waals surface area contributed by atoms with Crippen LogP contribution < -0.4 is 10.5 Å². The van der Waals surface area contributed by atoms with Gasteiger partial charge in [-0.15, -0.1) is 0 Å². The van der Waals surface area contributed by atoms with E-state index in [1.807, 2.05) is 31.2 Å². The van der Waals surface area contributed by atoms with Gasteiger partial charge in [0.05, 0.1) is 12.2 Å². The molecule has 0 spiro atoms. The van der Waals surface area contributed by atoms with E-state index >= 15 is 0 Å². The van der Waals surface area contributed by atoms with Gasteiger partial charge in [0.15, 0.2) is 11.6 Å². The predicted molar refractivity (Wildman–Crippen MR) is 70.2 cm³/mol. The van der Waals surface area contributed by atoms with Crippen molar-refractivity contribution in [2.24, 2.45) is 0 Å². The fraction of sp³-hybridized carbons (Fsp3) is 0.182. The monoisotopic (exact) mass is 330 g/mol. The highest BCUT2D eigenvalue weighted by atomic mass is 127. The van der Waals surface area contributed by atoms with Gasteiger partial charge in [-0.3, -0.25) is 0 Å². The Morgan fingerprint density at radius 1 is 1.44 bits per heavy atom. The Labute approximate surface area is 107 Å². The van der Waals surface area contributed by atoms with Crippen LogP contribution in [0.4, 0.5) is 5.82 Å². The van der Waals surface area contributed by atoms with Crippen LogP contribution in [0.25, 0.3) is 11.3 Å². The average Bonchev–Trinajstić information content (AvgIpc) is 2.61. The second kappa shape index (κ2) is 4.73. The van der Waals surface area contributed by atoms with E-state index < -0.39 is 0 Å². The van der Waals surface area contributed by atoms with Crippen LogP contribution >= 0.6 is 22.6 Å². The van der Waals surface area contributed by atoms with Gasteiger partial charge < -0.3 is 15.0 Å². The Bertz CT molecular complexity index is 496. The van der Waals surface area contributed by atoms with Crippen LogP contribution in [0, 0.1) is 3.57 Å². The molecule has 0 fully saturated rings. The quantitative estimate of drug-likeness (QED) is 0.879. The van der Waals surface area contributed by atoms with E-state index in [1.165, 1.54) is 0 Å². The third-order valence-corrected chi connectivity index (χ3v) is 3.13. The summed E-state index contributed by atoms with van der Waals surface area (Å²) in [5.41, 5.74) is 6.52. The summed E-state index contributed by atoms with van der Waals surface area (Å²) in [6, 6.07) is 7.66. The fourth-order valence-electron chi connectivity index (χ4n) is 1.39. The SMILES string of the molecule is CCOc1ccccc1-c1onc(N)c1I. The second-order valence-corrected chi connectivity index (χ2v) is 4.22. The minimum absolute atomic E-state index is 0.405. The molecule has 84 valence electrons. The summed E-state index contributed by atoms with van der Waals surface area (Å²) in [7, 11) is 0. The van der Waals surface area contributed by atoms with Gasteiger partial charge in [0.1, 0.15) is 9.32 Å². The zero-order chi connectivity index (χ0) is 11.5. The van der Waals surface area contributed by atoms with E-state index in [0.717, 1.165) is 14.9 Å². The molecular weight excluding hydrogens is 319 g/mol. The van der Waals surface area contributed by atoms with Crippen molar-refractivity contribution in [3.8, 4) is 17.1 Å². The van der Waals surface area contributed by atoms with E-state index in [-0.39, 0.29) is 0 Å². The van der Waals surface area contributed by atoms with Gasteiger partial charge in [-0.1, -0.05) is 17.3 Å². The Kier molecular flexibility index (Phi) is 3.33. The molecule has 1 aromatic heterocycles. The predicted octanol–water partition coefficient (Wildman–Crippen LogP) is 2.93. The molecule has 2 aromatic rings. The molecule has 0 saturated carbocycles. The van der Waals surface area contributed by atoms with E-state index in [1.54, 1.807) is 0 Å². The third kappa shape index (κ3) is 1.99. The van der Waals surface area contributed by atoms with Crippen molar-refractivity contribution in [3.05, 3.63) is 27.8 Å². The Morgan fingerprint density at radius 3 is 2.81 bits per heavy atom. The molecule has 0 aliphatic heterocycles. The van der Waals surface area contributed by atoms with Crippen molar-refractivity contribution in [1.82, 2.24) is 5.16 Å². The molecule has 0 unspecified atom stereocenters. The first-order valence-corrected chi connectivity index (χ1v) is 5.94. The van der Waals surface area contributed by atoms with Gasteiger partial charge in [0.2, 0.25) is 0 Å². The first-order valence-electron chi connectivity index (χ1n) is 4.87. The van der Waals surface area contributed by atoms with Crippen LogP contribution in [0.2, 0.25) is 0 Å². The number of halogens is 1. The minimum atomic E-state index is 0.405. The minimum Gasteiger partial charge on any atom is -0.493 e. The molecule has 0 radical (unpaired) electrons. The summed E-state index contributed by atoms with van der Waals surface area (Å²) in [6.45, 7) is 2.55. The highest BCUT2D eigenvalue weighted by Gasteiger charge is 2.16. The summed E-state index contributed by atoms with van der Waals surface area (Å²) in [4.78, 5) is 0. The van der Waals surface area contributed by atoms with Crippen molar-refractivity contribution < 1.29 is 9.26 Å². The number of benzene rings is 1. The number of nitrogens with zero attached hydrogens (tertiary/aromatic N) is 1. The number of hydrogen-bond donors (Lipinski definition) is 1. The summed E-state index contributed by atoms with van der Waals surface area (Å²) in [5, 5.41) is 3.73. The van der Waals surface area contributed by atoms with Crippen molar-refractivity contribution >= 4 is 28.4 Å². The summed E-state index contributed by atoms with van der Waals surface area (Å²) >= 11 is 2.11. The first kappa shape index (κ1) is 11.3. The maximum absolute atomic E-state index is 5.65. The second-order valence-electron chi connectivity index (χ2n) is 3.14. The van der Waals surface area contributed by atoms with Crippen LogP contribution in [0.15, 0.2) is 28.8 Å². The van der Waals surface area contributed by atoms with Crippen LogP contribution in [0.1, 0.15) is 6.92 Å². The van der Waals surface area contributed by atoms with Crippen LogP contribution in [0.3, 0.4) is 0 Å². The van der Waals surface area contributed by atoms with E-state index in [4.69, 9.17) is 15.0 Å². The van der Waals surface area contributed by atoms with Gasteiger partial charge in [-0.05, 0) is 41.6 Å². The lowest BCUT2D eigenvalue weighted by molar-refractivity contribution is 0.339. The lowest BCUT2D eigenvalue weighted by atomic mass is 10.1. The van der Waals surface area contributed by atoms with E-state index in [0.29, 0.717) is 18.2 Å². The largest absolute Gasteiger partial charge is 0.493 e. The third-order valence-electron chi connectivity index (χ3n) is 2.09. The van der Waals surface area contributed by atoms with E-state index in [9.17, 15) is 0 Å². The first-order chi connectivity index (χ1) is 7.74. The van der Waals surface area contributed by atoms with Crippen LogP contribution in [-0.4, -0.2) is 11.8 Å². The number of anilines is 1. The van der Waals surface area contributed by atoms with Crippen molar-refractivity contribution in [2.45, 2.75) is 6.92 Å². The van der Waals surface area contributed by atoms with E-state index in [2.05, 4.69) is 27.7 Å². The Hall–Kier alpha value is -1.24. The smallest absolute Gasteiger partial charge is 0.186 e. The number of para-hydroxylation sites is 1. The zero-order valence-corrected chi connectivity index (χ0v) is 10.9. The van der Waals surface area contributed by atoms with Crippen LogP contribution in [0.5, 0.6) is 5.75 Å². The normalized spacial score (nSPS) is 10.4. The van der Waals surface area contributed by atoms with Crippen LogP contribution in [-0.2, 0) is 0 Å². The fourth-order valence-corrected chi connectivity index (χ4v) is 1.88. The molecule has 2 rings (SSSR count).